The SMILES string of the molecule is CC(=O)OC[C@H]1CCC[C@H](Oc2ccc(CO)cc2NC(=O)CCNC(=O)OCC2c3ccccc3-c3ccccc32)O1. The van der Waals surface area contributed by atoms with E-state index in [1.807, 2.05) is 24.3 Å². The Hall–Kier alpha value is -4.41. The summed E-state index contributed by atoms with van der Waals surface area (Å²) in [6, 6.07) is 21.2. The van der Waals surface area contributed by atoms with Crippen molar-refractivity contribution in [3.8, 4) is 16.9 Å². The van der Waals surface area contributed by atoms with Crippen molar-refractivity contribution in [2.24, 2.45) is 0 Å². The molecule has 0 bridgehead atoms. The van der Waals surface area contributed by atoms with Gasteiger partial charge in [-0.2, -0.15) is 0 Å². The maximum Gasteiger partial charge on any atom is 0.407 e. The third kappa shape index (κ3) is 7.71. The molecular weight excluding hydrogens is 552 g/mol. The lowest BCUT2D eigenvalue weighted by molar-refractivity contribution is -0.172. The highest BCUT2D eigenvalue weighted by Gasteiger charge is 2.29. The van der Waals surface area contributed by atoms with Crippen molar-refractivity contribution in [3.05, 3.63) is 83.4 Å². The van der Waals surface area contributed by atoms with E-state index in [4.69, 9.17) is 18.9 Å². The molecule has 10 heteroatoms. The van der Waals surface area contributed by atoms with Crippen molar-refractivity contribution in [1.29, 1.82) is 0 Å². The van der Waals surface area contributed by atoms with E-state index in [1.165, 1.54) is 6.92 Å². The van der Waals surface area contributed by atoms with Crippen molar-refractivity contribution >= 4 is 23.7 Å². The Morgan fingerprint density at radius 2 is 1.65 bits per heavy atom. The number of alkyl carbamates (subject to hydrolysis) is 1. The third-order valence-electron chi connectivity index (χ3n) is 7.51. The Kier molecular flexibility index (Phi) is 9.91. The number of esters is 1. The van der Waals surface area contributed by atoms with Crippen LogP contribution in [0.2, 0.25) is 0 Å². The van der Waals surface area contributed by atoms with Gasteiger partial charge in [0.15, 0.2) is 6.29 Å². The molecule has 0 spiro atoms. The topological polar surface area (TPSA) is 132 Å². The largest absolute Gasteiger partial charge is 0.463 e. The van der Waals surface area contributed by atoms with Crippen LogP contribution in [-0.2, 0) is 30.4 Å². The van der Waals surface area contributed by atoms with Crippen LogP contribution in [0.15, 0.2) is 66.7 Å². The van der Waals surface area contributed by atoms with E-state index in [9.17, 15) is 19.5 Å². The van der Waals surface area contributed by atoms with E-state index in [2.05, 4.69) is 34.9 Å². The van der Waals surface area contributed by atoms with Crippen LogP contribution in [0.25, 0.3) is 11.1 Å². The lowest BCUT2D eigenvalue weighted by Gasteiger charge is -2.30. The van der Waals surface area contributed by atoms with Gasteiger partial charge in [0, 0.05) is 32.2 Å². The molecule has 1 saturated heterocycles. The van der Waals surface area contributed by atoms with Crippen LogP contribution in [0.1, 0.15) is 55.2 Å². The number of carbonyl (C=O) groups is 3. The standard InChI is InChI=1S/C33H36N2O8/c1-21(37)40-19-23-7-6-12-32(42-23)43-30-14-13-22(18-36)17-29(30)35-31(38)15-16-34-33(39)41-20-28-26-10-4-2-8-24(26)25-9-3-5-11-27(25)28/h2-5,8-11,13-14,17,23,28,32,36H,6-7,12,15-16,18-20H2,1H3,(H,34,39)(H,35,38)/t23-,32+/m1/s1. The first-order valence-electron chi connectivity index (χ1n) is 14.5. The van der Waals surface area contributed by atoms with Crippen molar-refractivity contribution in [1.82, 2.24) is 5.32 Å². The van der Waals surface area contributed by atoms with E-state index < -0.39 is 12.4 Å². The molecule has 3 aromatic carbocycles. The lowest BCUT2D eigenvalue weighted by Crippen LogP contribution is -2.35. The highest BCUT2D eigenvalue weighted by Crippen LogP contribution is 2.44. The first-order valence-corrected chi connectivity index (χ1v) is 14.5. The highest BCUT2D eigenvalue weighted by atomic mass is 16.7. The Morgan fingerprint density at radius 3 is 2.35 bits per heavy atom. The van der Waals surface area contributed by atoms with Crippen LogP contribution >= 0.6 is 0 Å². The number of amides is 2. The molecule has 2 aliphatic rings. The van der Waals surface area contributed by atoms with Crippen molar-refractivity contribution < 1.29 is 38.4 Å². The molecule has 0 unspecified atom stereocenters. The number of hydrogen-bond acceptors (Lipinski definition) is 8. The molecule has 1 fully saturated rings. The fourth-order valence-electron chi connectivity index (χ4n) is 5.44. The predicted molar refractivity (Wildman–Crippen MR) is 158 cm³/mol. The number of nitrogens with one attached hydrogen (secondary N) is 2. The van der Waals surface area contributed by atoms with E-state index in [-0.39, 0.29) is 56.7 Å². The van der Waals surface area contributed by atoms with Crippen LogP contribution in [0.3, 0.4) is 0 Å². The number of rotatable bonds is 11. The number of benzene rings is 3. The summed E-state index contributed by atoms with van der Waals surface area (Å²) in [6.07, 6.45) is 0.749. The maximum absolute atomic E-state index is 12.8. The van der Waals surface area contributed by atoms with Crippen LogP contribution < -0.4 is 15.4 Å². The number of aliphatic hydroxyl groups is 1. The molecule has 0 aromatic heterocycles. The van der Waals surface area contributed by atoms with Gasteiger partial charge in [0.05, 0.1) is 18.4 Å². The Labute approximate surface area is 250 Å². The zero-order valence-electron chi connectivity index (χ0n) is 24.0. The number of aliphatic hydroxyl groups excluding tert-OH is 1. The molecule has 1 aliphatic heterocycles. The maximum atomic E-state index is 12.8. The molecular formula is C33H36N2O8. The molecule has 0 saturated carbocycles. The minimum absolute atomic E-state index is 0.00260. The van der Waals surface area contributed by atoms with Gasteiger partial charge < -0.3 is 34.7 Å². The summed E-state index contributed by atoms with van der Waals surface area (Å²) in [4.78, 5) is 36.4. The predicted octanol–water partition coefficient (Wildman–Crippen LogP) is 4.88. The van der Waals surface area contributed by atoms with E-state index in [1.54, 1.807) is 18.2 Å². The van der Waals surface area contributed by atoms with E-state index in [0.717, 1.165) is 35.1 Å². The monoisotopic (exact) mass is 588 g/mol. The van der Waals surface area contributed by atoms with Gasteiger partial charge in [0.2, 0.25) is 5.91 Å². The number of carbonyl (C=O) groups excluding carboxylic acids is 3. The summed E-state index contributed by atoms with van der Waals surface area (Å²) in [5.74, 6) is -0.391. The molecule has 3 aromatic rings. The zero-order chi connectivity index (χ0) is 30.2. The summed E-state index contributed by atoms with van der Waals surface area (Å²) in [5.41, 5.74) is 5.51. The quantitative estimate of drug-likeness (QED) is 0.270. The van der Waals surface area contributed by atoms with Gasteiger partial charge in [-0.25, -0.2) is 4.79 Å². The van der Waals surface area contributed by atoms with Gasteiger partial charge in [-0.05, 0) is 52.8 Å². The number of hydrogen-bond donors (Lipinski definition) is 3. The molecule has 5 rings (SSSR count). The summed E-state index contributed by atoms with van der Waals surface area (Å²) >= 11 is 0. The summed E-state index contributed by atoms with van der Waals surface area (Å²) in [7, 11) is 0. The summed E-state index contributed by atoms with van der Waals surface area (Å²) < 4.78 is 22.6. The molecule has 10 nitrogen and oxygen atoms in total. The van der Waals surface area contributed by atoms with Crippen molar-refractivity contribution in [2.75, 3.05) is 25.1 Å². The second-order valence-electron chi connectivity index (χ2n) is 10.6. The summed E-state index contributed by atoms with van der Waals surface area (Å²) in [6.45, 7) is 1.55. The average molecular weight is 589 g/mol. The third-order valence-corrected chi connectivity index (χ3v) is 7.51. The number of fused-ring (bicyclic) bond motifs is 3. The fraction of sp³-hybridized carbons (Fsp3) is 0.364. The first kappa shape index (κ1) is 30.1. The molecule has 0 radical (unpaired) electrons. The van der Waals surface area contributed by atoms with E-state index >= 15 is 0 Å². The molecule has 1 heterocycles. The molecule has 226 valence electrons. The molecule has 43 heavy (non-hydrogen) atoms. The Morgan fingerprint density at radius 1 is 0.930 bits per heavy atom. The smallest absolute Gasteiger partial charge is 0.407 e. The molecule has 2 atom stereocenters. The van der Waals surface area contributed by atoms with Crippen LogP contribution in [0, 0.1) is 0 Å². The number of anilines is 1. The van der Waals surface area contributed by atoms with Gasteiger partial charge in [-0.3, -0.25) is 9.59 Å². The first-order chi connectivity index (χ1) is 20.9. The van der Waals surface area contributed by atoms with Gasteiger partial charge in [-0.15, -0.1) is 0 Å². The highest BCUT2D eigenvalue weighted by molar-refractivity contribution is 5.92. The normalized spacial score (nSPS) is 17.3. The second-order valence-corrected chi connectivity index (χ2v) is 10.6. The Bertz CT molecular complexity index is 1410. The van der Waals surface area contributed by atoms with Crippen molar-refractivity contribution in [3.63, 3.8) is 0 Å². The zero-order valence-corrected chi connectivity index (χ0v) is 24.0. The second kappa shape index (κ2) is 14.2. The van der Waals surface area contributed by atoms with Gasteiger partial charge >= 0.3 is 12.1 Å². The van der Waals surface area contributed by atoms with Gasteiger partial charge in [0.25, 0.3) is 0 Å². The lowest BCUT2D eigenvalue weighted by atomic mass is 9.98. The average Bonchev–Trinajstić information content (AvgIpc) is 3.33. The molecule has 3 N–H and O–H groups in total. The summed E-state index contributed by atoms with van der Waals surface area (Å²) in [5, 5.41) is 15.1. The van der Waals surface area contributed by atoms with Crippen molar-refractivity contribution in [2.45, 2.75) is 57.5 Å². The van der Waals surface area contributed by atoms with Crippen LogP contribution in [-0.4, -0.2) is 55.2 Å². The van der Waals surface area contributed by atoms with Gasteiger partial charge in [0.1, 0.15) is 19.0 Å². The minimum atomic E-state index is -0.598. The number of ether oxygens (including phenoxy) is 4. The minimum Gasteiger partial charge on any atom is -0.463 e. The van der Waals surface area contributed by atoms with Crippen LogP contribution in [0.5, 0.6) is 5.75 Å². The molecule has 2 amide bonds. The fourth-order valence-corrected chi connectivity index (χ4v) is 5.44. The molecule has 1 aliphatic carbocycles. The Balaban J connectivity index is 1.11. The van der Waals surface area contributed by atoms with Crippen LogP contribution in [0.4, 0.5) is 10.5 Å². The van der Waals surface area contributed by atoms with E-state index in [0.29, 0.717) is 23.4 Å². The van der Waals surface area contributed by atoms with Gasteiger partial charge in [-0.1, -0.05) is 54.6 Å².